The second kappa shape index (κ2) is 8.25. The molecule has 0 unspecified atom stereocenters. The Morgan fingerprint density at radius 3 is 2.67 bits per heavy atom. The summed E-state index contributed by atoms with van der Waals surface area (Å²) in [4.78, 5) is 9.64. The van der Waals surface area contributed by atoms with E-state index in [-0.39, 0.29) is 28.8 Å². The second-order valence-corrected chi connectivity index (χ2v) is 6.02. The number of rotatable bonds is 9. The summed E-state index contributed by atoms with van der Waals surface area (Å²) in [6, 6.07) is 3.22. The number of hydrogen-bond donors (Lipinski definition) is 1. The number of hydrogen-bond acceptors (Lipinski definition) is 6. The smallest absolute Gasteiger partial charge is 0.270 e. The molecule has 0 saturated carbocycles. The van der Waals surface area contributed by atoms with Gasteiger partial charge >= 0.3 is 0 Å². The van der Waals surface area contributed by atoms with Gasteiger partial charge in [0.05, 0.1) is 29.8 Å². The van der Waals surface area contributed by atoms with Crippen molar-refractivity contribution < 1.29 is 22.8 Å². The number of halogens is 1. The molecule has 0 heterocycles. The van der Waals surface area contributed by atoms with E-state index in [9.17, 15) is 18.5 Å². The second-order valence-electron chi connectivity index (χ2n) is 3.87. The monoisotopic (exact) mass is 338 g/mol. The molecule has 1 rings (SSSR count). The number of ether oxygens (including phenoxy) is 2. The number of nitrogens with one attached hydrogen (secondary N) is 1. The van der Waals surface area contributed by atoms with Crippen LogP contribution in [0, 0.1) is 10.1 Å². The van der Waals surface area contributed by atoms with Gasteiger partial charge in [-0.15, -0.1) is 0 Å². The molecule has 0 aromatic heterocycles. The van der Waals surface area contributed by atoms with E-state index in [1.54, 1.807) is 0 Å². The normalized spacial score (nSPS) is 11.5. The summed E-state index contributed by atoms with van der Waals surface area (Å²) in [7, 11) is -2.41. The van der Waals surface area contributed by atoms with Crippen molar-refractivity contribution in [1.29, 1.82) is 0 Å². The molecule has 1 aromatic carbocycles. The van der Waals surface area contributed by atoms with Gasteiger partial charge in [0.1, 0.15) is 4.90 Å². The first-order valence-electron chi connectivity index (χ1n) is 5.89. The van der Waals surface area contributed by atoms with E-state index in [1.165, 1.54) is 13.2 Å². The van der Waals surface area contributed by atoms with Crippen molar-refractivity contribution in [2.75, 3.05) is 33.5 Å². The van der Waals surface area contributed by atoms with Gasteiger partial charge in [0.25, 0.3) is 5.69 Å². The molecule has 0 saturated heterocycles. The average molecular weight is 339 g/mol. The molecule has 0 fully saturated rings. The molecule has 0 aliphatic rings. The zero-order valence-corrected chi connectivity index (χ0v) is 12.8. The zero-order chi connectivity index (χ0) is 15.9. The molecule has 0 amide bonds. The molecule has 1 aromatic rings. The van der Waals surface area contributed by atoms with Gasteiger partial charge in [0.15, 0.2) is 0 Å². The number of non-ortho nitro benzene ring substituents is 1. The number of methoxy groups -OCH3 is 1. The first-order chi connectivity index (χ1) is 9.88. The molecule has 0 aliphatic heterocycles. The Hall–Kier alpha value is -1.26. The maximum atomic E-state index is 12.0. The van der Waals surface area contributed by atoms with Crippen LogP contribution in [0.5, 0.6) is 0 Å². The number of sulfonamides is 1. The molecule has 1 N–H and O–H groups in total. The highest BCUT2D eigenvalue weighted by Gasteiger charge is 2.21. The summed E-state index contributed by atoms with van der Waals surface area (Å²) in [5.74, 6) is 0. The Kier molecular flexibility index (Phi) is 6.99. The van der Waals surface area contributed by atoms with Crippen molar-refractivity contribution in [3.63, 3.8) is 0 Å². The van der Waals surface area contributed by atoms with Gasteiger partial charge in [-0.05, 0) is 6.07 Å². The number of nitro groups is 1. The fourth-order valence-electron chi connectivity index (χ4n) is 1.38. The van der Waals surface area contributed by atoms with Crippen molar-refractivity contribution in [2.24, 2.45) is 0 Å². The van der Waals surface area contributed by atoms with Crippen LogP contribution >= 0.6 is 11.6 Å². The predicted molar refractivity (Wildman–Crippen MR) is 76.0 cm³/mol. The summed E-state index contributed by atoms with van der Waals surface area (Å²) in [5, 5.41) is 10.6. The molecule has 118 valence electrons. The van der Waals surface area contributed by atoms with E-state index in [0.717, 1.165) is 12.1 Å². The lowest BCUT2D eigenvalue weighted by molar-refractivity contribution is -0.385. The van der Waals surface area contributed by atoms with Gasteiger partial charge in [-0.25, -0.2) is 13.1 Å². The van der Waals surface area contributed by atoms with Gasteiger partial charge in [-0.1, -0.05) is 11.6 Å². The molecule has 0 spiro atoms. The quantitative estimate of drug-likeness (QED) is 0.411. The predicted octanol–water partition coefficient (Wildman–Crippen LogP) is 1.19. The van der Waals surface area contributed by atoms with Crippen molar-refractivity contribution in [3.05, 3.63) is 33.3 Å². The Labute approximate surface area is 127 Å². The van der Waals surface area contributed by atoms with Crippen LogP contribution in [0.4, 0.5) is 5.69 Å². The minimum atomic E-state index is -3.94. The Balaban J connectivity index is 2.70. The minimum absolute atomic E-state index is 0.0189. The highest BCUT2D eigenvalue weighted by atomic mass is 35.5. The minimum Gasteiger partial charge on any atom is -0.382 e. The SMILES string of the molecule is COCCOCCNS(=O)(=O)c1cc([N+](=O)[O-])ccc1Cl. The van der Waals surface area contributed by atoms with Crippen molar-refractivity contribution in [2.45, 2.75) is 4.90 Å². The van der Waals surface area contributed by atoms with Crippen LogP contribution in [-0.2, 0) is 19.5 Å². The first-order valence-corrected chi connectivity index (χ1v) is 7.75. The van der Waals surface area contributed by atoms with Gasteiger partial charge in [-0.2, -0.15) is 0 Å². The molecule has 10 heteroatoms. The molecule has 8 nitrogen and oxygen atoms in total. The van der Waals surface area contributed by atoms with Crippen LogP contribution in [0.1, 0.15) is 0 Å². The van der Waals surface area contributed by atoms with Crippen molar-refractivity contribution in [3.8, 4) is 0 Å². The van der Waals surface area contributed by atoms with Crippen LogP contribution < -0.4 is 4.72 Å². The lowest BCUT2D eigenvalue weighted by Crippen LogP contribution is -2.28. The molecule has 0 atom stereocenters. The largest absolute Gasteiger partial charge is 0.382 e. The number of nitrogens with zero attached hydrogens (tertiary/aromatic N) is 1. The van der Waals surface area contributed by atoms with Crippen LogP contribution in [0.15, 0.2) is 23.1 Å². The Bertz CT molecular complexity index is 592. The van der Waals surface area contributed by atoms with Crippen molar-refractivity contribution in [1.82, 2.24) is 4.72 Å². The summed E-state index contributed by atoms with van der Waals surface area (Å²) < 4.78 is 36.2. The Morgan fingerprint density at radius 1 is 1.33 bits per heavy atom. The molecule has 21 heavy (non-hydrogen) atoms. The highest BCUT2D eigenvalue weighted by molar-refractivity contribution is 7.89. The highest BCUT2D eigenvalue weighted by Crippen LogP contribution is 2.25. The molecule has 0 aliphatic carbocycles. The van der Waals surface area contributed by atoms with E-state index in [2.05, 4.69) is 4.72 Å². The summed E-state index contributed by atoms with van der Waals surface area (Å²) in [5.41, 5.74) is -0.351. The maximum absolute atomic E-state index is 12.0. The van der Waals surface area contributed by atoms with Crippen LogP contribution in [0.3, 0.4) is 0 Å². The fraction of sp³-hybridized carbons (Fsp3) is 0.455. The van der Waals surface area contributed by atoms with Crippen LogP contribution in [0.25, 0.3) is 0 Å². The first kappa shape index (κ1) is 17.8. The Morgan fingerprint density at radius 2 is 2.05 bits per heavy atom. The maximum Gasteiger partial charge on any atom is 0.270 e. The van der Waals surface area contributed by atoms with Gasteiger partial charge < -0.3 is 9.47 Å². The van der Waals surface area contributed by atoms with Crippen LogP contribution in [0.2, 0.25) is 5.02 Å². The third-order valence-electron chi connectivity index (χ3n) is 2.39. The standard InChI is InChI=1S/C11H15ClN2O6S/c1-19-6-7-20-5-4-13-21(17,18)11-8-9(14(15)16)2-3-10(11)12/h2-3,8,13H,4-7H2,1H3. The third kappa shape index (κ3) is 5.56. The summed E-state index contributed by atoms with van der Waals surface area (Å²) >= 11 is 5.78. The van der Waals surface area contributed by atoms with Crippen molar-refractivity contribution >= 4 is 27.3 Å². The van der Waals surface area contributed by atoms with Gasteiger partial charge in [0.2, 0.25) is 10.0 Å². The van der Waals surface area contributed by atoms with E-state index in [0.29, 0.717) is 13.2 Å². The molecule has 0 bridgehead atoms. The topological polar surface area (TPSA) is 108 Å². The van der Waals surface area contributed by atoms with E-state index >= 15 is 0 Å². The fourth-order valence-corrected chi connectivity index (χ4v) is 2.91. The molecular weight excluding hydrogens is 324 g/mol. The number of nitro benzene ring substituents is 1. The van der Waals surface area contributed by atoms with E-state index < -0.39 is 14.9 Å². The average Bonchev–Trinajstić information content (AvgIpc) is 2.42. The molecule has 0 radical (unpaired) electrons. The van der Waals surface area contributed by atoms with E-state index in [4.69, 9.17) is 21.1 Å². The molecular formula is C11H15ClN2O6S. The van der Waals surface area contributed by atoms with E-state index in [1.807, 2.05) is 0 Å². The lowest BCUT2D eigenvalue weighted by Gasteiger charge is -2.08. The third-order valence-corrected chi connectivity index (χ3v) is 4.33. The zero-order valence-electron chi connectivity index (χ0n) is 11.2. The van der Waals surface area contributed by atoms with Gasteiger partial charge in [-0.3, -0.25) is 10.1 Å². The van der Waals surface area contributed by atoms with Gasteiger partial charge in [0, 0.05) is 25.8 Å². The summed E-state index contributed by atoms with van der Waals surface area (Å²) in [6.07, 6.45) is 0. The summed E-state index contributed by atoms with van der Waals surface area (Å²) in [6.45, 7) is 0.916. The van der Waals surface area contributed by atoms with Crippen LogP contribution in [-0.4, -0.2) is 46.8 Å². The number of benzene rings is 1. The lowest BCUT2D eigenvalue weighted by atomic mass is 10.3.